The monoisotopic (exact) mass is 259 g/mol. The molecule has 2 rings (SSSR count). The molecular weight excluding hydrogens is 243 g/mol. The van der Waals surface area contributed by atoms with E-state index in [9.17, 15) is 13.2 Å². The quantitative estimate of drug-likeness (QED) is 0.830. The normalized spacial score (nSPS) is 16.0. The van der Waals surface area contributed by atoms with E-state index in [-0.39, 0.29) is 5.82 Å². The zero-order valence-corrected chi connectivity index (χ0v) is 10.3. The van der Waals surface area contributed by atoms with Crippen molar-refractivity contribution >= 4 is 5.82 Å². The van der Waals surface area contributed by atoms with E-state index in [4.69, 9.17) is 0 Å². The number of halogens is 3. The summed E-state index contributed by atoms with van der Waals surface area (Å²) in [6.45, 7) is 0. The van der Waals surface area contributed by atoms with Crippen molar-refractivity contribution in [3.8, 4) is 0 Å². The lowest BCUT2D eigenvalue weighted by atomic mass is 10.1. The van der Waals surface area contributed by atoms with Gasteiger partial charge in [0.15, 0.2) is 0 Å². The van der Waals surface area contributed by atoms with E-state index >= 15 is 0 Å². The highest BCUT2D eigenvalue weighted by Gasteiger charge is 2.30. The maximum atomic E-state index is 12.4. The van der Waals surface area contributed by atoms with Gasteiger partial charge < -0.3 is 5.32 Å². The Kier molecular flexibility index (Phi) is 3.73. The summed E-state index contributed by atoms with van der Waals surface area (Å²) in [5.74, 6) is 0.425. The lowest BCUT2D eigenvalue weighted by Crippen LogP contribution is -2.17. The van der Waals surface area contributed by atoms with Gasteiger partial charge in [-0.15, -0.1) is 0 Å². The summed E-state index contributed by atoms with van der Waals surface area (Å²) in [6.07, 6.45) is -0.607. The first-order valence-corrected chi connectivity index (χ1v) is 6.13. The third-order valence-electron chi connectivity index (χ3n) is 3.07. The molecule has 3 nitrogen and oxygen atoms in total. The van der Waals surface area contributed by atoms with E-state index in [0.29, 0.717) is 5.82 Å². The summed E-state index contributed by atoms with van der Waals surface area (Å²) in [7, 11) is 1.69. The van der Waals surface area contributed by atoms with Crippen LogP contribution in [0.2, 0.25) is 0 Å². The Morgan fingerprint density at radius 2 is 1.83 bits per heavy atom. The van der Waals surface area contributed by atoms with E-state index < -0.39 is 12.6 Å². The molecule has 0 aliphatic heterocycles. The fourth-order valence-corrected chi connectivity index (χ4v) is 2.29. The summed E-state index contributed by atoms with van der Waals surface area (Å²) in [6, 6.07) is 0. The molecule has 1 aliphatic carbocycles. The zero-order valence-electron chi connectivity index (χ0n) is 10.3. The molecule has 0 aromatic carbocycles. The first-order chi connectivity index (χ1) is 8.49. The van der Waals surface area contributed by atoms with Crippen LogP contribution in [0.1, 0.15) is 36.3 Å². The van der Waals surface area contributed by atoms with Gasteiger partial charge in [0.2, 0.25) is 0 Å². The number of nitrogens with zero attached hydrogens (tertiary/aromatic N) is 2. The van der Waals surface area contributed by atoms with Gasteiger partial charge in [-0.3, -0.25) is 0 Å². The average molecular weight is 259 g/mol. The smallest absolute Gasteiger partial charge is 0.373 e. The molecule has 18 heavy (non-hydrogen) atoms. The predicted molar refractivity (Wildman–Crippen MR) is 62.6 cm³/mol. The van der Waals surface area contributed by atoms with Crippen molar-refractivity contribution in [2.75, 3.05) is 12.4 Å². The van der Waals surface area contributed by atoms with Crippen LogP contribution in [0.4, 0.5) is 19.0 Å². The minimum atomic E-state index is -4.26. The number of hydrogen-bond donors (Lipinski definition) is 1. The average Bonchev–Trinajstić information content (AvgIpc) is 2.50. The molecule has 1 heterocycles. The van der Waals surface area contributed by atoms with Gasteiger partial charge in [-0.2, -0.15) is 13.2 Å². The van der Waals surface area contributed by atoms with Gasteiger partial charge in [0, 0.05) is 18.3 Å². The Morgan fingerprint density at radius 3 is 2.50 bits per heavy atom. The zero-order chi connectivity index (χ0) is 13.2. The fourth-order valence-electron chi connectivity index (χ4n) is 2.29. The third-order valence-corrected chi connectivity index (χ3v) is 3.07. The molecule has 0 fully saturated rings. The van der Waals surface area contributed by atoms with Gasteiger partial charge in [0.1, 0.15) is 18.1 Å². The number of alkyl halides is 3. The Morgan fingerprint density at radius 1 is 1.11 bits per heavy atom. The van der Waals surface area contributed by atoms with Crippen LogP contribution in [0.15, 0.2) is 0 Å². The summed E-state index contributed by atoms with van der Waals surface area (Å²) in [4.78, 5) is 8.09. The highest BCUT2D eigenvalue weighted by Crippen LogP contribution is 2.26. The number of rotatable bonds is 2. The van der Waals surface area contributed by atoms with Gasteiger partial charge in [0.05, 0.1) is 0 Å². The van der Waals surface area contributed by atoms with Crippen molar-refractivity contribution in [1.29, 1.82) is 0 Å². The molecule has 0 saturated carbocycles. The largest absolute Gasteiger partial charge is 0.396 e. The van der Waals surface area contributed by atoms with E-state index in [1.807, 2.05) is 0 Å². The van der Waals surface area contributed by atoms with Crippen LogP contribution in [0.3, 0.4) is 0 Å². The fraction of sp³-hybridized carbons (Fsp3) is 0.667. The highest BCUT2D eigenvalue weighted by molar-refractivity contribution is 5.47. The minimum Gasteiger partial charge on any atom is -0.373 e. The third kappa shape index (κ3) is 3.11. The van der Waals surface area contributed by atoms with Gasteiger partial charge >= 0.3 is 6.18 Å². The van der Waals surface area contributed by atoms with Gasteiger partial charge in [-0.25, -0.2) is 9.97 Å². The molecule has 1 aliphatic rings. The van der Waals surface area contributed by atoms with Crippen molar-refractivity contribution in [3.05, 3.63) is 17.1 Å². The van der Waals surface area contributed by atoms with E-state index in [1.165, 1.54) is 0 Å². The molecule has 0 unspecified atom stereocenters. The first-order valence-electron chi connectivity index (χ1n) is 6.13. The molecule has 0 bridgehead atoms. The van der Waals surface area contributed by atoms with Crippen LogP contribution >= 0.6 is 0 Å². The molecule has 0 saturated heterocycles. The second-order valence-electron chi connectivity index (χ2n) is 4.52. The van der Waals surface area contributed by atoms with Crippen LogP contribution in [-0.4, -0.2) is 23.2 Å². The predicted octanol–water partition coefficient (Wildman–Crippen LogP) is 2.89. The van der Waals surface area contributed by atoms with Crippen LogP contribution in [0.5, 0.6) is 0 Å². The van der Waals surface area contributed by atoms with Crippen LogP contribution in [-0.2, 0) is 19.3 Å². The Hall–Kier alpha value is -1.33. The molecule has 0 spiro atoms. The minimum absolute atomic E-state index is 0.132. The van der Waals surface area contributed by atoms with Gasteiger partial charge in [-0.1, -0.05) is 6.42 Å². The summed E-state index contributed by atoms with van der Waals surface area (Å²) >= 11 is 0. The van der Waals surface area contributed by atoms with Crippen molar-refractivity contribution in [2.45, 2.75) is 44.7 Å². The summed E-state index contributed by atoms with van der Waals surface area (Å²) < 4.78 is 37.2. The van der Waals surface area contributed by atoms with E-state index in [2.05, 4.69) is 15.3 Å². The number of aryl methyl sites for hydroxylation is 1. The molecule has 0 atom stereocenters. The molecule has 100 valence electrons. The van der Waals surface area contributed by atoms with Crippen molar-refractivity contribution in [2.24, 2.45) is 0 Å². The molecular formula is C12H16F3N3. The maximum Gasteiger partial charge on any atom is 0.396 e. The second-order valence-corrected chi connectivity index (χ2v) is 4.52. The van der Waals surface area contributed by atoms with E-state index in [0.717, 1.165) is 43.4 Å². The summed E-state index contributed by atoms with van der Waals surface area (Å²) in [5.41, 5.74) is 1.77. The van der Waals surface area contributed by atoms with Crippen molar-refractivity contribution in [3.63, 3.8) is 0 Å². The van der Waals surface area contributed by atoms with Gasteiger partial charge in [0.25, 0.3) is 0 Å². The molecule has 1 aromatic rings. The van der Waals surface area contributed by atoms with Gasteiger partial charge in [-0.05, 0) is 25.7 Å². The SMILES string of the molecule is CNc1nc(CC(F)(F)F)nc2c1CCCCC2. The highest BCUT2D eigenvalue weighted by atomic mass is 19.4. The second kappa shape index (κ2) is 5.12. The van der Waals surface area contributed by atoms with Crippen LogP contribution in [0.25, 0.3) is 0 Å². The Bertz CT molecular complexity index is 429. The Labute approximate surface area is 104 Å². The molecule has 6 heteroatoms. The number of hydrogen-bond acceptors (Lipinski definition) is 3. The van der Waals surface area contributed by atoms with Crippen molar-refractivity contribution in [1.82, 2.24) is 9.97 Å². The Balaban J connectivity index is 2.37. The van der Waals surface area contributed by atoms with Crippen LogP contribution < -0.4 is 5.32 Å². The first kappa shape index (κ1) is 13.1. The molecule has 0 radical (unpaired) electrons. The lowest BCUT2D eigenvalue weighted by Gasteiger charge is -2.13. The molecule has 1 N–H and O–H groups in total. The number of nitrogens with one attached hydrogen (secondary N) is 1. The standard InChI is InChI=1S/C12H16F3N3/c1-16-11-8-5-3-2-4-6-9(8)17-10(18-11)7-12(13,14)15/h2-7H2,1H3,(H,16,17,18). The topological polar surface area (TPSA) is 37.8 Å². The maximum absolute atomic E-state index is 12.4. The van der Waals surface area contributed by atoms with Crippen molar-refractivity contribution < 1.29 is 13.2 Å². The lowest BCUT2D eigenvalue weighted by molar-refractivity contribution is -0.128. The number of aromatic nitrogens is 2. The molecule has 1 aromatic heterocycles. The summed E-state index contributed by atoms with van der Waals surface area (Å²) in [5, 5.41) is 2.89. The van der Waals surface area contributed by atoms with Crippen LogP contribution in [0, 0.1) is 0 Å². The molecule has 0 amide bonds. The number of anilines is 1. The number of fused-ring (bicyclic) bond motifs is 1. The van der Waals surface area contributed by atoms with E-state index in [1.54, 1.807) is 7.05 Å².